The lowest BCUT2D eigenvalue weighted by Crippen LogP contribution is -2.31. The Labute approximate surface area is 210 Å². The van der Waals surface area contributed by atoms with Gasteiger partial charge in [-0.15, -0.1) is 5.10 Å². The van der Waals surface area contributed by atoms with Crippen molar-refractivity contribution < 1.29 is 4.79 Å². The number of para-hydroxylation sites is 1. The summed E-state index contributed by atoms with van der Waals surface area (Å²) in [4.78, 5) is 18.2. The van der Waals surface area contributed by atoms with Crippen molar-refractivity contribution in [1.29, 1.82) is 0 Å². The molecular formula is C26H22BrN5OS. The summed E-state index contributed by atoms with van der Waals surface area (Å²) in [5.74, 6) is 1.21. The second-order valence-corrected chi connectivity index (χ2v) is 9.73. The van der Waals surface area contributed by atoms with Gasteiger partial charge in [-0.3, -0.25) is 4.79 Å². The molecule has 1 atom stereocenters. The fourth-order valence-corrected chi connectivity index (χ4v) is 4.93. The molecule has 2 N–H and O–H groups in total. The average molecular weight is 532 g/mol. The van der Waals surface area contributed by atoms with Crippen LogP contribution in [0.2, 0.25) is 0 Å². The fraction of sp³-hybridized carbons (Fsp3) is 0.115. The van der Waals surface area contributed by atoms with Crippen LogP contribution in [0.25, 0.3) is 0 Å². The summed E-state index contributed by atoms with van der Waals surface area (Å²) in [5.41, 5.74) is 4.25. The first-order chi connectivity index (χ1) is 16.6. The Morgan fingerprint density at radius 2 is 1.71 bits per heavy atom. The van der Waals surface area contributed by atoms with E-state index < -0.39 is 6.04 Å². The van der Waals surface area contributed by atoms with Gasteiger partial charge in [0.25, 0.3) is 5.91 Å². The number of halogens is 1. The van der Waals surface area contributed by atoms with Crippen molar-refractivity contribution >= 4 is 45.2 Å². The topological polar surface area (TPSA) is 71.8 Å². The molecule has 4 aromatic rings. The van der Waals surface area contributed by atoms with Gasteiger partial charge < -0.3 is 10.6 Å². The second kappa shape index (κ2) is 9.87. The number of anilines is 2. The third kappa shape index (κ3) is 4.78. The molecule has 8 heteroatoms. The van der Waals surface area contributed by atoms with Crippen LogP contribution in [0.3, 0.4) is 0 Å². The predicted octanol–water partition coefficient (Wildman–Crippen LogP) is 6.26. The van der Waals surface area contributed by atoms with Crippen molar-refractivity contribution in [3.8, 4) is 0 Å². The van der Waals surface area contributed by atoms with Gasteiger partial charge >= 0.3 is 0 Å². The van der Waals surface area contributed by atoms with Crippen LogP contribution in [0, 0.1) is 0 Å². The molecule has 0 spiro atoms. The molecule has 1 aliphatic rings. The summed E-state index contributed by atoms with van der Waals surface area (Å²) in [6, 6.07) is 27.2. The SMILES string of the molecule is CC1=C(C(=O)Nc2ccccc2)[C@@H](c2ccc(Br)cc2)n2nc(SCc3ccccc3)nc2N1. The number of rotatable bonds is 6. The number of hydrogen-bond acceptors (Lipinski definition) is 5. The number of fused-ring (bicyclic) bond motifs is 1. The van der Waals surface area contributed by atoms with Crippen LogP contribution in [-0.2, 0) is 10.5 Å². The molecule has 3 aromatic carbocycles. The number of allylic oxidation sites excluding steroid dienone is 1. The molecular weight excluding hydrogens is 510 g/mol. The zero-order valence-corrected chi connectivity index (χ0v) is 20.8. The number of carbonyl (C=O) groups is 1. The fourth-order valence-electron chi connectivity index (χ4n) is 3.88. The molecule has 0 aliphatic carbocycles. The molecule has 0 radical (unpaired) electrons. The van der Waals surface area contributed by atoms with Gasteiger partial charge in [0.05, 0.1) is 5.57 Å². The number of benzene rings is 3. The number of hydrogen-bond donors (Lipinski definition) is 2. The molecule has 2 heterocycles. The molecule has 0 bridgehead atoms. The lowest BCUT2D eigenvalue weighted by molar-refractivity contribution is -0.113. The molecule has 170 valence electrons. The Kier molecular flexibility index (Phi) is 6.51. The van der Waals surface area contributed by atoms with E-state index in [9.17, 15) is 4.79 Å². The minimum absolute atomic E-state index is 0.177. The van der Waals surface area contributed by atoms with Gasteiger partial charge in [0.15, 0.2) is 0 Å². The van der Waals surface area contributed by atoms with Crippen LogP contribution in [0.15, 0.2) is 106 Å². The van der Waals surface area contributed by atoms with Crippen molar-refractivity contribution in [1.82, 2.24) is 14.8 Å². The van der Waals surface area contributed by atoms with Gasteiger partial charge in [-0.05, 0) is 42.3 Å². The summed E-state index contributed by atoms with van der Waals surface area (Å²) < 4.78 is 2.78. The van der Waals surface area contributed by atoms with Crippen molar-refractivity contribution in [3.05, 3.63) is 112 Å². The van der Waals surface area contributed by atoms with Crippen molar-refractivity contribution in [3.63, 3.8) is 0 Å². The quantitative estimate of drug-likeness (QED) is 0.287. The maximum atomic E-state index is 13.5. The number of amides is 1. The van der Waals surface area contributed by atoms with Crippen LogP contribution >= 0.6 is 27.7 Å². The van der Waals surface area contributed by atoms with Gasteiger partial charge in [-0.25, -0.2) is 4.68 Å². The highest BCUT2D eigenvalue weighted by molar-refractivity contribution is 9.10. The smallest absolute Gasteiger partial charge is 0.255 e. The Bertz CT molecular complexity index is 1340. The number of nitrogens with one attached hydrogen (secondary N) is 2. The van der Waals surface area contributed by atoms with Gasteiger partial charge in [0.2, 0.25) is 11.1 Å². The number of carbonyl (C=O) groups excluding carboxylic acids is 1. The summed E-state index contributed by atoms with van der Waals surface area (Å²) in [6.45, 7) is 1.90. The second-order valence-electron chi connectivity index (χ2n) is 7.87. The van der Waals surface area contributed by atoms with E-state index in [-0.39, 0.29) is 5.91 Å². The van der Waals surface area contributed by atoms with Gasteiger partial charge in [-0.2, -0.15) is 4.98 Å². The van der Waals surface area contributed by atoms with E-state index in [1.807, 2.05) is 84.4 Å². The van der Waals surface area contributed by atoms with E-state index in [1.165, 1.54) is 5.56 Å². The van der Waals surface area contributed by atoms with Gasteiger partial charge in [0.1, 0.15) is 6.04 Å². The molecule has 1 aromatic heterocycles. The molecule has 1 aliphatic heterocycles. The lowest BCUT2D eigenvalue weighted by atomic mass is 9.95. The first kappa shape index (κ1) is 22.4. The van der Waals surface area contributed by atoms with E-state index in [0.717, 1.165) is 27.2 Å². The summed E-state index contributed by atoms with van der Waals surface area (Å²) in [5, 5.41) is 11.8. The summed E-state index contributed by atoms with van der Waals surface area (Å²) in [7, 11) is 0. The molecule has 5 rings (SSSR count). The zero-order chi connectivity index (χ0) is 23.5. The van der Waals surface area contributed by atoms with E-state index in [2.05, 4.69) is 38.7 Å². The van der Waals surface area contributed by atoms with Crippen LogP contribution in [0.4, 0.5) is 11.6 Å². The van der Waals surface area contributed by atoms with Gasteiger partial charge in [-0.1, -0.05) is 88.4 Å². The third-order valence-electron chi connectivity index (χ3n) is 5.51. The van der Waals surface area contributed by atoms with E-state index in [4.69, 9.17) is 10.1 Å². The standard InChI is InChI=1S/C26H22BrN5OS/c1-17-22(24(33)29-21-10-6-3-7-11-21)23(19-12-14-20(27)15-13-19)32-25(28-17)30-26(31-32)34-16-18-8-4-2-5-9-18/h2-15,23H,16H2,1H3,(H,29,33)(H,28,30,31)/t23-/m1/s1. The predicted molar refractivity (Wildman–Crippen MR) is 140 cm³/mol. The van der Waals surface area contributed by atoms with Crippen molar-refractivity contribution in [2.45, 2.75) is 23.9 Å². The molecule has 34 heavy (non-hydrogen) atoms. The third-order valence-corrected chi connectivity index (χ3v) is 6.94. The van der Waals surface area contributed by atoms with E-state index >= 15 is 0 Å². The summed E-state index contributed by atoms with van der Waals surface area (Å²) >= 11 is 5.08. The molecule has 0 saturated heterocycles. The summed E-state index contributed by atoms with van der Waals surface area (Å²) in [6.07, 6.45) is 0. The Morgan fingerprint density at radius 3 is 2.41 bits per heavy atom. The Hall–Kier alpha value is -3.36. The highest BCUT2D eigenvalue weighted by Gasteiger charge is 2.34. The Balaban J connectivity index is 1.49. The first-order valence-corrected chi connectivity index (χ1v) is 12.6. The normalized spacial score (nSPS) is 14.9. The molecule has 0 saturated carbocycles. The minimum Gasteiger partial charge on any atom is -0.328 e. The van der Waals surface area contributed by atoms with Crippen LogP contribution in [-0.4, -0.2) is 20.7 Å². The number of thioether (sulfide) groups is 1. The number of aromatic nitrogens is 3. The molecule has 1 amide bonds. The first-order valence-electron chi connectivity index (χ1n) is 10.8. The molecule has 6 nitrogen and oxygen atoms in total. The molecule has 0 unspecified atom stereocenters. The maximum absolute atomic E-state index is 13.5. The maximum Gasteiger partial charge on any atom is 0.255 e. The molecule has 0 fully saturated rings. The Morgan fingerprint density at radius 1 is 1.03 bits per heavy atom. The van der Waals surface area contributed by atoms with Crippen molar-refractivity contribution in [2.75, 3.05) is 10.6 Å². The zero-order valence-electron chi connectivity index (χ0n) is 18.4. The van der Waals surface area contributed by atoms with E-state index in [1.54, 1.807) is 11.8 Å². The van der Waals surface area contributed by atoms with E-state index in [0.29, 0.717) is 16.7 Å². The van der Waals surface area contributed by atoms with Crippen LogP contribution in [0.1, 0.15) is 24.1 Å². The average Bonchev–Trinajstić information content (AvgIpc) is 3.26. The monoisotopic (exact) mass is 531 g/mol. The minimum atomic E-state index is -0.411. The highest BCUT2D eigenvalue weighted by atomic mass is 79.9. The van der Waals surface area contributed by atoms with Gasteiger partial charge in [0, 0.05) is 21.6 Å². The van der Waals surface area contributed by atoms with Crippen LogP contribution in [0.5, 0.6) is 0 Å². The van der Waals surface area contributed by atoms with Crippen LogP contribution < -0.4 is 10.6 Å². The largest absolute Gasteiger partial charge is 0.328 e. The number of nitrogens with zero attached hydrogens (tertiary/aromatic N) is 3. The highest BCUT2D eigenvalue weighted by Crippen LogP contribution is 2.37. The van der Waals surface area contributed by atoms with Crippen molar-refractivity contribution in [2.24, 2.45) is 0 Å². The lowest BCUT2D eigenvalue weighted by Gasteiger charge is -2.28.